The molecule has 2 N–H and O–H groups in total. The van der Waals surface area contributed by atoms with E-state index in [4.69, 9.17) is 14.2 Å². The standard InChI is InChI=1S/C16H20N4O5/c1-2-3-5-24-15(22)25-16(4-6-23-9-16)20-14(21)11-7-12-13(17-8-11)19-10-18-12/h7-8,10H,2-6,9H2,1H3,(H,20,21)(H,17,18,19)/t16-/m0/s1. The number of nitrogens with one attached hydrogen (secondary N) is 2. The third-order valence-electron chi connectivity index (χ3n) is 3.86. The van der Waals surface area contributed by atoms with Crippen LogP contribution in [-0.2, 0) is 14.2 Å². The highest BCUT2D eigenvalue weighted by atomic mass is 16.7. The molecule has 0 spiro atoms. The van der Waals surface area contributed by atoms with Crippen molar-refractivity contribution < 1.29 is 23.8 Å². The van der Waals surface area contributed by atoms with Gasteiger partial charge in [0.25, 0.3) is 5.91 Å². The second kappa shape index (κ2) is 7.47. The summed E-state index contributed by atoms with van der Waals surface area (Å²) in [5.41, 5.74) is 0.255. The van der Waals surface area contributed by atoms with Crippen LogP contribution in [0.2, 0.25) is 0 Å². The van der Waals surface area contributed by atoms with Crippen LogP contribution >= 0.6 is 0 Å². The van der Waals surface area contributed by atoms with E-state index in [1.54, 1.807) is 6.07 Å². The van der Waals surface area contributed by atoms with Crippen molar-refractivity contribution in [1.29, 1.82) is 0 Å². The molecule has 134 valence electrons. The van der Waals surface area contributed by atoms with Crippen molar-refractivity contribution in [3.8, 4) is 0 Å². The first-order valence-corrected chi connectivity index (χ1v) is 8.17. The summed E-state index contributed by atoms with van der Waals surface area (Å²) < 4.78 is 15.7. The molecular formula is C16H20N4O5. The summed E-state index contributed by atoms with van der Waals surface area (Å²) in [5, 5.41) is 2.73. The second-order valence-electron chi connectivity index (χ2n) is 5.80. The summed E-state index contributed by atoms with van der Waals surface area (Å²) in [6.07, 6.45) is 4.10. The Morgan fingerprint density at radius 1 is 1.44 bits per heavy atom. The third kappa shape index (κ3) is 4.05. The van der Waals surface area contributed by atoms with E-state index in [-0.39, 0.29) is 13.2 Å². The molecule has 1 saturated heterocycles. The summed E-state index contributed by atoms with van der Waals surface area (Å²) in [5.74, 6) is -0.421. The average molecular weight is 348 g/mol. The summed E-state index contributed by atoms with van der Waals surface area (Å²) in [4.78, 5) is 35.4. The van der Waals surface area contributed by atoms with Gasteiger partial charge in [-0.2, -0.15) is 0 Å². The molecule has 0 aromatic carbocycles. The minimum atomic E-state index is -1.23. The molecule has 1 fully saturated rings. The second-order valence-corrected chi connectivity index (χ2v) is 5.80. The van der Waals surface area contributed by atoms with Crippen LogP contribution in [0, 0.1) is 0 Å². The number of rotatable bonds is 6. The normalized spacial score (nSPS) is 19.7. The predicted octanol–water partition coefficient (Wildman–Crippen LogP) is 1.76. The summed E-state index contributed by atoms with van der Waals surface area (Å²) in [6, 6.07) is 1.63. The number of ether oxygens (including phenoxy) is 3. The Bertz CT molecular complexity index is 754. The maximum Gasteiger partial charge on any atom is 0.510 e. The van der Waals surface area contributed by atoms with E-state index in [2.05, 4.69) is 20.3 Å². The molecule has 1 atom stereocenters. The third-order valence-corrected chi connectivity index (χ3v) is 3.86. The number of aromatic nitrogens is 3. The van der Waals surface area contributed by atoms with Crippen LogP contribution in [0.1, 0.15) is 36.5 Å². The molecular weight excluding hydrogens is 328 g/mol. The Morgan fingerprint density at radius 3 is 3.08 bits per heavy atom. The van der Waals surface area contributed by atoms with E-state index in [1.165, 1.54) is 12.5 Å². The largest absolute Gasteiger partial charge is 0.510 e. The van der Waals surface area contributed by atoms with Gasteiger partial charge in [-0.15, -0.1) is 0 Å². The fraction of sp³-hybridized carbons (Fsp3) is 0.500. The van der Waals surface area contributed by atoms with Crippen molar-refractivity contribution >= 4 is 23.2 Å². The number of pyridine rings is 1. The van der Waals surface area contributed by atoms with Gasteiger partial charge in [0, 0.05) is 12.6 Å². The minimum absolute atomic E-state index is 0.0708. The summed E-state index contributed by atoms with van der Waals surface area (Å²) in [7, 11) is 0. The van der Waals surface area contributed by atoms with Gasteiger partial charge in [-0.05, 0) is 12.5 Å². The fourth-order valence-electron chi connectivity index (χ4n) is 2.47. The lowest BCUT2D eigenvalue weighted by molar-refractivity contribution is -0.0530. The Hall–Kier alpha value is -2.68. The number of aromatic amines is 1. The number of hydrogen-bond acceptors (Lipinski definition) is 7. The first-order valence-electron chi connectivity index (χ1n) is 8.17. The van der Waals surface area contributed by atoms with E-state index >= 15 is 0 Å². The molecule has 0 bridgehead atoms. The van der Waals surface area contributed by atoms with Crippen molar-refractivity contribution in [2.45, 2.75) is 31.9 Å². The molecule has 9 nitrogen and oxygen atoms in total. The molecule has 3 heterocycles. The summed E-state index contributed by atoms with van der Waals surface area (Å²) in [6.45, 7) is 2.72. The SMILES string of the molecule is CCCCOC(=O)O[C@@]1(NC(=O)c2cnc3nc[nH]c3c2)CCOC1. The molecule has 2 aromatic heterocycles. The number of nitrogens with zero attached hydrogens (tertiary/aromatic N) is 2. The molecule has 1 aliphatic heterocycles. The number of amides is 1. The summed E-state index contributed by atoms with van der Waals surface area (Å²) >= 11 is 0. The van der Waals surface area contributed by atoms with Crippen molar-refractivity contribution in [3.05, 3.63) is 24.2 Å². The molecule has 2 aromatic rings. The monoisotopic (exact) mass is 348 g/mol. The van der Waals surface area contributed by atoms with Gasteiger partial charge in [0.2, 0.25) is 5.72 Å². The van der Waals surface area contributed by atoms with E-state index in [0.29, 0.717) is 29.8 Å². The van der Waals surface area contributed by atoms with Gasteiger partial charge in [0.15, 0.2) is 5.65 Å². The zero-order valence-corrected chi connectivity index (χ0v) is 13.9. The number of imidazole rings is 1. The fourth-order valence-corrected chi connectivity index (χ4v) is 2.47. The molecule has 1 amide bonds. The molecule has 0 radical (unpaired) electrons. The van der Waals surface area contributed by atoms with Gasteiger partial charge in [-0.3, -0.25) is 4.79 Å². The van der Waals surface area contributed by atoms with Gasteiger partial charge >= 0.3 is 6.16 Å². The average Bonchev–Trinajstić information content (AvgIpc) is 3.23. The van der Waals surface area contributed by atoms with Crippen LogP contribution in [-0.4, -0.2) is 52.6 Å². The quantitative estimate of drug-likeness (QED) is 0.464. The lowest BCUT2D eigenvalue weighted by Gasteiger charge is -2.27. The van der Waals surface area contributed by atoms with Crippen LogP contribution in [0.15, 0.2) is 18.6 Å². The molecule has 9 heteroatoms. The number of unbranched alkanes of at least 4 members (excludes halogenated alkanes) is 1. The lowest BCUT2D eigenvalue weighted by atomic mass is 10.1. The van der Waals surface area contributed by atoms with Crippen molar-refractivity contribution in [2.24, 2.45) is 0 Å². The van der Waals surface area contributed by atoms with Gasteiger partial charge in [0.05, 0.1) is 30.6 Å². The van der Waals surface area contributed by atoms with Gasteiger partial charge in [-0.25, -0.2) is 14.8 Å². The number of hydrogen-bond donors (Lipinski definition) is 2. The Balaban J connectivity index is 1.67. The van der Waals surface area contributed by atoms with Crippen molar-refractivity contribution in [1.82, 2.24) is 20.3 Å². The van der Waals surface area contributed by atoms with Crippen molar-refractivity contribution in [2.75, 3.05) is 19.8 Å². The molecule has 25 heavy (non-hydrogen) atoms. The minimum Gasteiger partial charge on any atom is -0.434 e. The predicted molar refractivity (Wildman–Crippen MR) is 86.9 cm³/mol. The highest BCUT2D eigenvalue weighted by Gasteiger charge is 2.41. The lowest BCUT2D eigenvalue weighted by Crippen LogP contribution is -2.52. The Labute approximate surface area is 144 Å². The van der Waals surface area contributed by atoms with Gasteiger partial charge in [0.1, 0.15) is 6.61 Å². The maximum atomic E-state index is 12.5. The molecule has 3 rings (SSSR count). The van der Waals surface area contributed by atoms with E-state index in [9.17, 15) is 9.59 Å². The van der Waals surface area contributed by atoms with Crippen LogP contribution in [0.5, 0.6) is 0 Å². The van der Waals surface area contributed by atoms with E-state index in [1.807, 2.05) is 6.92 Å². The Kier molecular flexibility index (Phi) is 5.13. The molecule has 0 saturated carbocycles. The smallest absolute Gasteiger partial charge is 0.434 e. The van der Waals surface area contributed by atoms with E-state index in [0.717, 1.165) is 12.8 Å². The van der Waals surface area contributed by atoms with Gasteiger partial charge < -0.3 is 24.5 Å². The highest BCUT2D eigenvalue weighted by molar-refractivity contribution is 5.96. The van der Waals surface area contributed by atoms with Crippen LogP contribution < -0.4 is 5.32 Å². The number of H-pyrrole nitrogens is 1. The molecule has 0 aliphatic carbocycles. The molecule has 0 unspecified atom stereocenters. The van der Waals surface area contributed by atoms with Gasteiger partial charge in [-0.1, -0.05) is 13.3 Å². The van der Waals surface area contributed by atoms with Crippen molar-refractivity contribution in [3.63, 3.8) is 0 Å². The number of fused-ring (bicyclic) bond motifs is 1. The topological polar surface area (TPSA) is 115 Å². The zero-order valence-electron chi connectivity index (χ0n) is 13.9. The first-order chi connectivity index (χ1) is 12.1. The maximum absolute atomic E-state index is 12.5. The van der Waals surface area contributed by atoms with Crippen LogP contribution in [0.25, 0.3) is 11.2 Å². The highest BCUT2D eigenvalue weighted by Crippen LogP contribution is 2.22. The first kappa shape index (κ1) is 17.2. The molecule has 1 aliphatic rings. The van der Waals surface area contributed by atoms with Crippen LogP contribution in [0.4, 0.5) is 4.79 Å². The van der Waals surface area contributed by atoms with Crippen LogP contribution in [0.3, 0.4) is 0 Å². The number of carbonyl (C=O) groups excluding carboxylic acids is 2. The van der Waals surface area contributed by atoms with E-state index < -0.39 is 17.8 Å². The zero-order chi connectivity index (χ0) is 17.7. The number of carbonyl (C=O) groups is 2. The Morgan fingerprint density at radius 2 is 2.32 bits per heavy atom.